The Hall–Kier alpha value is -0.500. The highest BCUT2D eigenvalue weighted by molar-refractivity contribution is 4.59. The van der Waals surface area contributed by atoms with Gasteiger partial charge in [-0.15, -0.1) is 0 Å². The van der Waals surface area contributed by atoms with E-state index in [-0.39, 0.29) is 12.0 Å². The number of aliphatic hydroxyl groups excluding tert-OH is 1. The van der Waals surface area contributed by atoms with Gasteiger partial charge in [0.15, 0.2) is 0 Å². The van der Waals surface area contributed by atoms with Crippen molar-refractivity contribution in [3.63, 3.8) is 0 Å². The Labute approximate surface area is 56.1 Å². The fourth-order valence-corrected chi connectivity index (χ4v) is 0.359. The van der Waals surface area contributed by atoms with Crippen LogP contribution in [0.1, 0.15) is 13.8 Å². The topological polar surface area (TPSA) is 29.5 Å². The minimum atomic E-state index is -0.301. The summed E-state index contributed by atoms with van der Waals surface area (Å²) in [7, 11) is 0. The molecule has 1 N–H and O–H groups in total. The molecule has 0 aromatic carbocycles. The van der Waals surface area contributed by atoms with Crippen molar-refractivity contribution in [3.8, 4) is 0 Å². The Morgan fingerprint density at radius 2 is 2.22 bits per heavy atom. The van der Waals surface area contributed by atoms with Gasteiger partial charge in [-0.1, -0.05) is 13.5 Å². The lowest BCUT2D eigenvalue weighted by Crippen LogP contribution is -2.17. The van der Waals surface area contributed by atoms with Gasteiger partial charge in [0.25, 0.3) is 0 Å². The number of rotatable bonds is 4. The molecule has 0 amide bonds. The van der Waals surface area contributed by atoms with Crippen molar-refractivity contribution >= 4 is 0 Å². The standard InChI is InChI=1S/C7H14O2/c1-4-9-5-6(2)7(3)8/h4,6-8H,1,5H2,2-3H3. The van der Waals surface area contributed by atoms with E-state index in [1.807, 2.05) is 6.92 Å². The second-order valence-corrected chi connectivity index (χ2v) is 2.22. The molecule has 0 radical (unpaired) electrons. The van der Waals surface area contributed by atoms with E-state index in [1.54, 1.807) is 6.92 Å². The van der Waals surface area contributed by atoms with Crippen LogP contribution in [-0.4, -0.2) is 17.8 Å². The molecule has 54 valence electrons. The number of hydrogen-bond donors (Lipinski definition) is 1. The van der Waals surface area contributed by atoms with E-state index >= 15 is 0 Å². The first kappa shape index (κ1) is 8.50. The van der Waals surface area contributed by atoms with Crippen molar-refractivity contribution in [1.82, 2.24) is 0 Å². The van der Waals surface area contributed by atoms with Gasteiger partial charge in [-0.05, 0) is 6.92 Å². The van der Waals surface area contributed by atoms with Crippen LogP contribution in [0.15, 0.2) is 12.8 Å². The van der Waals surface area contributed by atoms with Gasteiger partial charge < -0.3 is 9.84 Å². The third-order valence-electron chi connectivity index (χ3n) is 1.30. The fraction of sp³-hybridized carbons (Fsp3) is 0.714. The van der Waals surface area contributed by atoms with Crippen LogP contribution in [0.25, 0.3) is 0 Å². The molecule has 0 bridgehead atoms. The van der Waals surface area contributed by atoms with Gasteiger partial charge in [0.1, 0.15) is 0 Å². The molecule has 0 aliphatic heterocycles. The van der Waals surface area contributed by atoms with E-state index in [0.29, 0.717) is 6.61 Å². The first-order valence-corrected chi connectivity index (χ1v) is 3.09. The number of aliphatic hydroxyl groups is 1. The summed E-state index contributed by atoms with van der Waals surface area (Å²) in [5, 5.41) is 8.93. The van der Waals surface area contributed by atoms with Crippen LogP contribution < -0.4 is 0 Å². The van der Waals surface area contributed by atoms with E-state index in [0.717, 1.165) is 0 Å². The van der Waals surface area contributed by atoms with Crippen LogP contribution >= 0.6 is 0 Å². The summed E-state index contributed by atoms with van der Waals surface area (Å²) in [5.74, 6) is 0.183. The molecule has 0 spiro atoms. The van der Waals surface area contributed by atoms with E-state index < -0.39 is 0 Å². The maximum atomic E-state index is 8.93. The summed E-state index contributed by atoms with van der Waals surface area (Å²) in [6.45, 7) is 7.60. The quantitative estimate of drug-likeness (QED) is 0.579. The Morgan fingerprint density at radius 3 is 2.56 bits per heavy atom. The molecule has 0 aliphatic carbocycles. The zero-order chi connectivity index (χ0) is 7.28. The summed E-state index contributed by atoms with van der Waals surface area (Å²) in [6, 6.07) is 0. The number of ether oxygens (including phenoxy) is 1. The third-order valence-corrected chi connectivity index (χ3v) is 1.30. The molecular formula is C7H14O2. The van der Waals surface area contributed by atoms with Crippen LogP contribution in [0.4, 0.5) is 0 Å². The van der Waals surface area contributed by atoms with Crippen molar-refractivity contribution in [2.45, 2.75) is 20.0 Å². The van der Waals surface area contributed by atoms with Gasteiger partial charge in [-0.3, -0.25) is 0 Å². The molecule has 0 saturated carbocycles. The molecule has 0 heterocycles. The molecule has 2 nitrogen and oxygen atoms in total. The second-order valence-electron chi connectivity index (χ2n) is 2.22. The SMILES string of the molecule is C=COCC(C)C(C)O. The molecule has 0 aromatic heterocycles. The van der Waals surface area contributed by atoms with Crippen molar-refractivity contribution in [3.05, 3.63) is 12.8 Å². The zero-order valence-electron chi connectivity index (χ0n) is 6.00. The molecule has 2 atom stereocenters. The van der Waals surface area contributed by atoms with Crippen molar-refractivity contribution < 1.29 is 9.84 Å². The van der Waals surface area contributed by atoms with Gasteiger partial charge in [0.05, 0.1) is 19.0 Å². The Bertz CT molecular complexity index is 79.0. The predicted molar refractivity (Wildman–Crippen MR) is 37.0 cm³/mol. The van der Waals surface area contributed by atoms with Crippen LogP contribution in [0.2, 0.25) is 0 Å². The lowest BCUT2D eigenvalue weighted by Gasteiger charge is -2.12. The van der Waals surface area contributed by atoms with Crippen molar-refractivity contribution in [2.24, 2.45) is 5.92 Å². The molecule has 0 aliphatic rings. The van der Waals surface area contributed by atoms with Crippen LogP contribution in [0.3, 0.4) is 0 Å². The van der Waals surface area contributed by atoms with Gasteiger partial charge in [0, 0.05) is 5.92 Å². The first-order chi connectivity index (χ1) is 4.18. The predicted octanol–water partition coefficient (Wildman–Crippen LogP) is 1.16. The third kappa shape index (κ3) is 4.03. The van der Waals surface area contributed by atoms with Crippen LogP contribution in [-0.2, 0) is 4.74 Å². The molecule has 0 rings (SSSR count). The zero-order valence-corrected chi connectivity index (χ0v) is 6.00. The molecule has 2 unspecified atom stereocenters. The summed E-state index contributed by atoms with van der Waals surface area (Å²) in [6.07, 6.45) is 1.09. The smallest absolute Gasteiger partial charge is 0.0923 e. The highest BCUT2D eigenvalue weighted by Gasteiger charge is 2.07. The maximum absolute atomic E-state index is 8.93. The minimum absolute atomic E-state index is 0.183. The van der Waals surface area contributed by atoms with Crippen LogP contribution in [0.5, 0.6) is 0 Å². The summed E-state index contributed by atoms with van der Waals surface area (Å²) in [5.41, 5.74) is 0. The first-order valence-electron chi connectivity index (χ1n) is 3.09. The van der Waals surface area contributed by atoms with Gasteiger partial charge in [0.2, 0.25) is 0 Å². The van der Waals surface area contributed by atoms with E-state index in [9.17, 15) is 0 Å². The maximum Gasteiger partial charge on any atom is 0.0923 e. The highest BCUT2D eigenvalue weighted by Crippen LogP contribution is 2.01. The molecular weight excluding hydrogens is 116 g/mol. The van der Waals surface area contributed by atoms with Gasteiger partial charge >= 0.3 is 0 Å². The Balaban J connectivity index is 3.26. The normalized spacial score (nSPS) is 16.3. The number of hydrogen-bond acceptors (Lipinski definition) is 2. The lowest BCUT2D eigenvalue weighted by molar-refractivity contribution is 0.0837. The molecule has 0 fully saturated rings. The average molecular weight is 130 g/mol. The van der Waals surface area contributed by atoms with Gasteiger partial charge in [-0.2, -0.15) is 0 Å². The molecule has 0 saturated heterocycles. The highest BCUT2D eigenvalue weighted by atomic mass is 16.5. The van der Waals surface area contributed by atoms with Crippen molar-refractivity contribution in [1.29, 1.82) is 0 Å². The Kier molecular flexibility index (Phi) is 4.14. The van der Waals surface area contributed by atoms with Crippen molar-refractivity contribution in [2.75, 3.05) is 6.61 Å². The summed E-state index contributed by atoms with van der Waals surface area (Å²) >= 11 is 0. The van der Waals surface area contributed by atoms with E-state index in [4.69, 9.17) is 9.84 Å². The van der Waals surface area contributed by atoms with Crippen LogP contribution in [0, 0.1) is 5.92 Å². The van der Waals surface area contributed by atoms with Gasteiger partial charge in [-0.25, -0.2) is 0 Å². The van der Waals surface area contributed by atoms with E-state index in [1.165, 1.54) is 6.26 Å². The average Bonchev–Trinajstić information content (AvgIpc) is 1.82. The fourth-order valence-electron chi connectivity index (χ4n) is 0.359. The molecule has 0 aromatic rings. The largest absolute Gasteiger partial charge is 0.501 e. The Morgan fingerprint density at radius 1 is 1.67 bits per heavy atom. The molecule has 9 heavy (non-hydrogen) atoms. The second kappa shape index (κ2) is 4.39. The monoisotopic (exact) mass is 130 g/mol. The molecule has 2 heteroatoms. The minimum Gasteiger partial charge on any atom is -0.501 e. The summed E-state index contributed by atoms with van der Waals surface area (Å²) < 4.78 is 4.86. The lowest BCUT2D eigenvalue weighted by atomic mass is 10.1. The summed E-state index contributed by atoms with van der Waals surface area (Å²) in [4.78, 5) is 0. The van der Waals surface area contributed by atoms with E-state index in [2.05, 4.69) is 6.58 Å².